The van der Waals surface area contributed by atoms with Crippen molar-refractivity contribution in [1.29, 1.82) is 0 Å². The van der Waals surface area contributed by atoms with Gasteiger partial charge in [-0.2, -0.15) is 5.10 Å². The average molecular weight is 244 g/mol. The fraction of sp³-hybridized carbons (Fsp3) is 0.0769. The van der Waals surface area contributed by atoms with Crippen molar-refractivity contribution in [3.63, 3.8) is 0 Å². The van der Waals surface area contributed by atoms with Gasteiger partial charge in [0.2, 0.25) is 0 Å². The number of benzene rings is 1. The molecule has 5 heteroatoms. The van der Waals surface area contributed by atoms with E-state index < -0.39 is 5.91 Å². The molecule has 0 fully saturated rings. The standard InChI is InChI=1S/C13H12N2O3/c1-17-11-6-3-2-5-10(11)9-14-15-13(16)12-7-4-8-18-12/h2-9H,1H3,(H,15,16)/b14-9-. The molecule has 0 aliphatic carbocycles. The van der Waals surface area contributed by atoms with Gasteiger partial charge in [-0.15, -0.1) is 0 Å². The molecule has 0 atom stereocenters. The van der Waals surface area contributed by atoms with E-state index in [4.69, 9.17) is 9.15 Å². The lowest BCUT2D eigenvalue weighted by Crippen LogP contribution is -2.16. The van der Waals surface area contributed by atoms with Crippen LogP contribution in [0.2, 0.25) is 0 Å². The summed E-state index contributed by atoms with van der Waals surface area (Å²) in [5.41, 5.74) is 3.14. The number of rotatable bonds is 4. The van der Waals surface area contributed by atoms with Crippen LogP contribution in [0, 0.1) is 0 Å². The molecule has 5 nitrogen and oxygen atoms in total. The zero-order chi connectivity index (χ0) is 12.8. The van der Waals surface area contributed by atoms with Gasteiger partial charge in [0.15, 0.2) is 5.76 Å². The summed E-state index contributed by atoms with van der Waals surface area (Å²) in [6.45, 7) is 0. The second-order valence-corrected chi connectivity index (χ2v) is 3.42. The van der Waals surface area contributed by atoms with Crippen LogP contribution in [0.1, 0.15) is 16.1 Å². The van der Waals surface area contributed by atoms with Gasteiger partial charge in [0.1, 0.15) is 5.75 Å². The molecule has 1 aromatic carbocycles. The summed E-state index contributed by atoms with van der Waals surface area (Å²) in [5.74, 6) is 0.506. The van der Waals surface area contributed by atoms with Crippen molar-refractivity contribution in [2.24, 2.45) is 5.10 Å². The Balaban J connectivity index is 2.01. The maximum atomic E-state index is 11.5. The van der Waals surface area contributed by atoms with Crippen molar-refractivity contribution in [2.75, 3.05) is 7.11 Å². The van der Waals surface area contributed by atoms with Gasteiger partial charge in [-0.1, -0.05) is 12.1 Å². The molecular weight excluding hydrogens is 232 g/mol. The number of nitrogens with zero attached hydrogens (tertiary/aromatic N) is 1. The van der Waals surface area contributed by atoms with E-state index in [1.165, 1.54) is 12.5 Å². The van der Waals surface area contributed by atoms with E-state index in [0.29, 0.717) is 5.75 Å². The molecule has 0 aliphatic rings. The first kappa shape index (κ1) is 11.9. The van der Waals surface area contributed by atoms with E-state index in [1.54, 1.807) is 19.2 Å². The number of furan rings is 1. The Morgan fingerprint density at radius 2 is 2.17 bits per heavy atom. The zero-order valence-electron chi connectivity index (χ0n) is 9.79. The number of ether oxygens (including phenoxy) is 1. The van der Waals surface area contributed by atoms with Crippen LogP contribution < -0.4 is 10.2 Å². The first-order valence-electron chi connectivity index (χ1n) is 5.31. The molecule has 1 aromatic heterocycles. The van der Waals surface area contributed by atoms with Crippen LogP contribution >= 0.6 is 0 Å². The highest BCUT2D eigenvalue weighted by atomic mass is 16.5. The molecular formula is C13H12N2O3. The van der Waals surface area contributed by atoms with Crippen molar-refractivity contribution in [1.82, 2.24) is 5.43 Å². The first-order valence-corrected chi connectivity index (χ1v) is 5.31. The molecule has 0 saturated carbocycles. The second-order valence-electron chi connectivity index (χ2n) is 3.42. The number of amides is 1. The highest BCUT2D eigenvalue weighted by Gasteiger charge is 2.06. The minimum Gasteiger partial charge on any atom is -0.496 e. The van der Waals surface area contributed by atoms with Crippen LogP contribution in [0.25, 0.3) is 0 Å². The summed E-state index contributed by atoms with van der Waals surface area (Å²) in [5, 5.41) is 3.84. The van der Waals surface area contributed by atoms with Gasteiger partial charge in [-0.3, -0.25) is 4.79 Å². The van der Waals surface area contributed by atoms with Crippen molar-refractivity contribution in [3.05, 3.63) is 54.0 Å². The predicted molar refractivity (Wildman–Crippen MR) is 66.8 cm³/mol. The van der Waals surface area contributed by atoms with Crippen LogP contribution in [-0.4, -0.2) is 19.2 Å². The van der Waals surface area contributed by atoms with Gasteiger partial charge in [-0.25, -0.2) is 5.43 Å². The number of hydrogen-bond donors (Lipinski definition) is 1. The number of hydrogen-bond acceptors (Lipinski definition) is 4. The maximum Gasteiger partial charge on any atom is 0.307 e. The molecule has 0 spiro atoms. The molecule has 2 aromatic rings. The highest BCUT2D eigenvalue weighted by molar-refractivity contribution is 5.92. The number of carbonyl (C=O) groups excluding carboxylic acids is 1. The molecule has 1 N–H and O–H groups in total. The molecule has 2 rings (SSSR count). The van der Waals surface area contributed by atoms with Crippen molar-refractivity contribution < 1.29 is 13.9 Å². The fourth-order valence-electron chi connectivity index (χ4n) is 1.40. The van der Waals surface area contributed by atoms with Crippen LogP contribution in [0.3, 0.4) is 0 Å². The van der Waals surface area contributed by atoms with Gasteiger partial charge in [-0.05, 0) is 24.3 Å². The number of carbonyl (C=O) groups is 1. The molecule has 92 valence electrons. The summed E-state index contributed by atoms with van der Waals surface area (Å²) < 4.78 is 10.1. The monoisotopic (exact) mass is 244 g/mol. The summed E-state index contributed by atoms with van der Waals surface area (Å²) >= 11 is 0. The third-order valence-electron chi connectivity index (χ3n) is 2.25. The van der Waals surface area contributed by atoms with E-state index in [-0.39, 0.29) is 5.76 Å². The Morgan fingerprint density at radius 3 is 2.89 bits per heavy atom. The minimum absolute atomic E-state index is 0.215. The van der Waals surface area contributed by atoms with E-state index in [2.05, 4.69) is 10.5 Å². The van der Waals surface area contributed by atoms with Crippen molar-refractivity contribution in [3.8, 4) is 5.75 Å². The lowest BCUT2D eigenvalue weighted by atomic mass is 10.2. The molecule has 0 saturated heterocycles. The van der Waals surface area contributed by atoms with E-state index in [0.717, 1.165) is 5.56 Å². The van der Waals surface area contributed by atoms with Crippen LogP contribution in [0.15, 0.2) is 52.2 Å². The first-order chi connectivity index (χ1) is 8.81. The molecule has 1 amide bonds. The van der Waals surface area contributed by atoms with Crippen molar-refractivity contribution in [2.45, 2.75) is 0 Å². The summed E-state index contributed by atoms with van der Waals surface area (Å²) in [7, 11) is 1.58. The van der Waals surface area contributed by atoms with Crippen LogP contribution in [0.4, 0.5) is 0 Å². The Kier molecular flexibility index (Phi) is 3.76. The number of methoxy groups -OCH3 is 1. The Morgan fingerprint density at radius 1 is 1.33 bits per heavy atom. The van der Waals surface area contributed by atoms with Crippen LogP contribution in [-0.2, 0) is 0 Å². The third kappa shape index (κ3) is 2.76. The number of nitrogens with one attached hydrogen (secondary N) is 1. The molecule has 1 heterocycles. The van der Waals surface area contributed by atoms with Gasteiger partial charge < -0.3 is 9.15 Å². The molecule has 0 unspecified atom stereocenters. The molecule has 0 radical (unpaired) electrons. The van der Waals surface area contributed by atoms with E-state index in [9.17, 15) is 4.79 Å². The normalized spacial score (nSPS) is 10.5. The lowest BCUT2D eigenvalue weighted by Gasteiger charge is -2.02. The highest BCUT2D eigenvalue weighted by Crippen LogP contribution is 2.14. The molecule has 18 heavy (non-hydrogen) atoms. The van der Waals surface area contributed by atoms with Gasteiger partial charge in [0.05, 0.1) is 19.6 Å². The van der Waals surface area contributed by atoms with Gasteiger partial charge >= 0.3 is 5.91 Å². The summed E-state index contributed by atoms with van der Waals surface area (Å²) in [4.78, 5) is 11.5. The molecule has 0 bridgehead atoms. The average Bonchev–Trinajstić information content (AvgIpc) is 2.93. The number of para-hydroxylation sites is 1. The summed E-state index contributed by atoms with van der Waals surface area (Å²) in [6, 6.07) is 10.6. The SMILES string of the molecule is COc1ccccc1/C=N\NC(=O)c1ccco1. The number of hydrazone groups is 1. The smallest absolute Gasteiger partial charge is 0.307 e. The predicted octanol–water partition coefficient (Wildman–Crippen LogP) is 2.05. The second kappa shape index (κ2) is 5.67. The van der Waals surface area contributed by atoms with Crippen LogP contribution in [0.5, 0.6) is 5.75 Å². The Labute approximate surface area is 104 Å². The van der Waals surface area contributed by atoms with Crippen molar-refractivity contribution >= 4 is 12.1 Å². The van der Waals surface area contributed by atoms with E-state index >= 15 is 0 Å². The lowest BCUT2D eigenvalue weighted by molar-refractivity contribution is 0.0927. The van der Waals surface area contributed by atoms with Gasteiger partial charge in [0, 0.05) is 5.56 Å². The third-order valence-corrected chi connectivity index (χ3v) is 2.25. The molecule has 0 aliphatic heterocycles. The zero-order valence-corrected chi connectivity index (χ0v) is 9.79. The summed E-state index contributed by atoms with van der Waals surface area (Å²) in [6.07, 6.45) is 2.94. The van der Waals surface area contributed by atoms with Gasteiger partial charge in [0.25, 0.3) is 0 Å². The Bertz CT molecular complexity index is 547. The van der Waals surface area contributed by atoms with E-state index in [1.807, 2.05) is 24.3 Å². The largest absolute Gasteiger partial charge is 0.496 e. The topological polar surface area (TPSA) is 63.8 Å². The quantitative estimate of drug-likeness (QED) is 0.661. The maximum absolute atomic E-state index is 11.5. The fourth-order valence-corrected chi connectivity index (χ4v) is 1.40. The Hall–Kier alpha value is -2.56. The minimum atomic E-state index is -0.397.